The number of para-hydroxylation sites is 1. The van der Waals surface area contributed by atoms with Crippen LogP contribution in [0.3, 0.4) is 0 Å². The molecule has 0 aliphatic heterocycles. The Morgan fingerprint density at radius 1 is 1.43 bits per heavy atom. The fraction of sp³-hybridized carbons (Fsp3) is 0.200. The zero-order valence-electron chi connectivity index (χ0n) is 7.90. The van der Waals surface area contributed by atoms with Gasteiger partial charge in [0.15, 0.2) is 0 Å². The van der Waals surface area contributed by atoms with Crippen LogP contribution in [0.25, 0.3) is 10.9 Å². The van der Waals surface area contributed by atoms with Crippen LogP contribution in [0.2, 0.25) is 0 Å². The molecule has 72 valence electrons. The van der Waals surface area contributed by atoms with Crippen LogP contribution >= 0.6 is 0 Å². The highest BCUT2D eigenvalue weighted by Gasteiger charge is 2.05. The van der Waals surface area contributed by atoms with Crippen molar-refractivity contribution in [3.05, 3.63) is 34.7 Å². The van der Waals surface area contributed by atoms with E-state index in [2.05, 4.69) is 4.98 Å². The van der Waals surface area contributed by atoms with E-state index < -0.39 is 0 Å². The molecule has 0 aliphatic rings. The molecule has 0 amide bonds. The van der Waals surface area contributed by atoms with Gasteiger partial charge in [-0.1, -0.05) is 12.1 Å². The molecule has 0 saturated heterocycles. The van der Waals surface area contributed by atoms with Gasteiger partial charge in [0.25, 0.3) is 0 Å². The second kappa shape index (κ2) is 3.14. The van der Waals surface area contributed by atoms with Crippen molar-refractivity contribution in [2.24, 2.45) is 0 Å². The Morgan fingerprint density at radius 2 is 2.14 bits per heavy atom. The van der Waals surface area contributed by atoms with Gasteiger partial charge in [-0.2, -0.15) is 4.98 Å². The van der Waals surface area contributed by atoms with Crippen LogP contribution in [0.5, 0.6) is 0 Å². The van der Waals surface area contributed by atoms with Gasteiger partial charge in [0.2, 0.25) is 0 Å². The van der Waals surface area contributed by atoms with Crippen LogP contribution < -0.4 is 11.4 Å². The van der Waals surface area contributed by atoms with Crippen molar-refractivity contribution < 1.29 is 0 Å². The Bertz CT molecular complexity index is 530. The van der Waals surface area contributed by atoms with Crippen molar-refractivity contribution >= 4 is 16.7 Å². The molecule has 0 atom stereocenters. The summed E-state index contributed by atoms with van der Waals surface area (Å²) in [7, 11) is 0. The molecule has 0 aliphatic carbocycles. The smallest absolute Gasteiger partial charge is 0.349 e. The molecule has 2 aromatic rings. The van der Waals surface area contributed by atoms with Crippen LogP contribution in [-0.4, -0.2) is 9.55 Å². The standard InChI is InChI=1S/C10H11N3O/c1-2-13-8-6-4-3-5-7(8)9(11)12-10(13)14/h3-6H,2H2,1H3,(H2,11,12,14). The molecule has 2 rings (SSSR count). The zero-order valence-corrected chi connectivity index (χ0v) is 7.90. The highest BCUT2D eigenvalue weighted by molar-refractivity contribution is 5.87. The zero-order chi connectivity index (χ0) is 10.1. The molecule has 0 bridgehead atoms. The van der Waals surface area contributed by atoms with Crippen molar-refractivity contribution in [2.45, 2.75) is 13.5 Å². The summed E-state index contributed by atoms with van der Waals surface area (Å²) in [6.07, 6.45) is 0. The van der Waals surface area contributed by atoms with Crippen molar-refractivity contribution in [3.8, 4) is 0 Å². The number of rotatable bonds is 1. The van der Waals surface area contributed by atoms with Crippen molar-refractivity contribution in [1.29, 1.82) is 0 Å². The van der Waals surface area contributed by atoms with E-state index in [0.29, 0.717) is 12.4 Å². The molecule has 4 heteroatoms. The van der Waals surface area contributed by atoms with Crippen LogP contribution in [0.4, 0.5) is 5.82 Å². The molecule has 0 unspecified atom stereocenters. The molecular formula is C10H11N3O. The highest BCUT2D eigenvalue weighted by Crippen LogP contribution is 2.15. The summed E-state index contributed by atoms with van der Waals surface area (Å²) < 4.78 is 1.60. The molecule has 0 saturated carbocycles. The summed E-state index contributed by atoms with van der Waals surface area (Å²) in [5.74, 6) is 0.301. The topological polar surface area (TPSA) is 60.9 Å². The maximum Gasteiger partial charge on any atom is 0.349 e. The van der Waals surface area contributed by atoms with E-state index in [-0.39, 0.29) is 5.69 Å². The third kappa shape index (κ3) is 1.16. The minimum absolute atomic E-state index is 0.288. The van der Waals surface area contributed by atoms with E-state index in [1.165, 1.54) is 0 Å². The molecular weight excluding hydrogens is 178 g/mol. The highest BCUT2D eigenvalue weighted by atomic mass is 16.1. The van der Waals surface area contributed by atoms with Gasteiger partial charge in [-0.25, -0.2) is 4.79 Å². The molecule has 2 N–H and O–H groups in total. The molecule has 0 fully saturated rings. The molecule has 1 aromatic heterocycles. The monoisotopic (exact) mass is 189 g/mol. The van der Waals surface area contributed by atoms with E-state index in [0.717, 1.165) is 10.9 Å². The quantitative estimate of drug-likeness (QED) is 0.728. The molecule has 14 heavy (non-hydrogen) atoms. The van der Waals surface area contributed by atoms with E-state index in [1.54, 1.807) is 4.57 Å². The van der Waals surface area contributed by atoms with Gasteiger partial charge in [0, 0.05) is 11.9 Å². The third-order valence-corrected chi connectivity index (χ3v) is 2.23. The lowest BCUT2D eigenvalue weighted by Gasteiger charge is -2.07. The van der Waals surface area contributed by atoms with Crippen molar-refractivity contribution in [2.75, 3.05) is 5.73 Å². The number of hydrogen-bond acceptors (Lipinski definition) is 3. The normalized spacial score (nSPS) is 10.6. The lowest BCUT2D eigenvalue weighted by molar-refractivity contribution is 0.733. The number of anilines is 1. The lowest BCUT2D eigenvalue weighted by Crippen LogP contribution is -2.23. The van der Waals surface area contributed by atoms with Crippen LogP contribution in [0.1, 0.15) is 6.92 Å². The van der Waals surface area contributed by atoms with Gasteiger partial charge in [-0.15, -0.1) is 0 Å². The van der Waals surface area contributed by atoms with Crippen molar-refractivity contribution in [1.82, 2.24) is 9.55 Å². The minimum Gasteiger partial charge on any atom is -0.383 e. The maximum atomic E-state index is 11.5. The summed E-state index contributed by atoms with van der Waals surface area (Å²) >= 11 is 0. The average Bonchev–Trinajstić information content (AvgIpc) is 2.18. The number of fused-ring (bicyclic) bond motifs is 1. The van der Waals surface area contributed by atoms with Crippen molar-refractivity contribution in [3.63, 3.8) is 0 Å². The molecule has 1 heterocycles. The van der Waals surface area contributed by atoms with Gasteiger partial charge in [0.1, 0.15) is 5.82 Å². The Hall–Kier alpha value is -1.84. The van der Waals surface area contributed by atoms with Gasteiger partial charge >= 0.3 is 5.69 Å². The fourth-order valence-electron chi connectivity index (χ4n) is 1.56. The first-order valence-corrected chi connectivity index (χ1v) is 4.49. The molecule has 0 spiro atoms. The Labute approximate surface area is 81.0 Å². The first-order valence-electron chi connectivity index (χ1n) is 4.49. The second-order valence-corrected chi connectivity index (χ2v) is 3.04. The van der Waals surface area contributed by atoms with Crippen LogP contribution in [0.15, 0.2) is 29.1 Å². The lowest BCUT2D eigenvalue weighted by atomic mass is 10.2. The van der Waals surface area contributed by atoms with E-state index in [1.807, 2.05) is 31.2 Å². The van der Waals surface area contributed by atoms with Gasteiger partial charge < -0.3 is 5.73 Å². The third-order valence-electron chi connectivity index (χ3n) is 2.23. The summed E-state index contributed by atoms with van der Waals surface area (Å²) in [5, 5.41) is 0.828. The first-order chi connectivity index (χ1) is 6.74. The average molecular weight is 189 g/mol. The number of aromatic nitrogens is 2. The summed E-state index contributed by atoms with van der Waals surface area (Å²) in [6, 6.07) is 7.50. The van der Waals surface area contributed by atoms with Gasteiger partial charge in [-0.05, 0) is 19.1 Å². The molecule has 0 radical (unpaired) electrons. The second-order valence-electron chi connectivity index (χ2n) is 3.04. The van der Waals surface area contributed by atoms with Gasteiger partial charge in [-0.3, -0.25) is 4.57 Å². The Kier molecular flexibility index (Phi) is 1.96. The largest absolute Gasteiger partial charge is 0.383 e. The predicted octanol–water partition coefficient (Wildman–Crippen LogP) is 0.999. The Balaban J connectivity index is 2.98. The van der Waals surface area contributed by atoms with E-state index in [9.17, 15) is 4.79 Å². The number of benzene rings is 1. The van der Waals surface area contributed by atoms with Crippen LogP contribution in [0, 0.1) is 0 Å². The molecule has 1 aromatic carbocycles. The van der Waals surface area contributed by atoms with Gasteiger partial charge in [0.05, 0.1) is 5.52 Å². The molecule has 4 nitrogen and oxygen atoms in total. The van der Waals surface area contributed by atoms with E-state index in [4.69, 9.17) is 5.73 Å². The number of nitrogens with two attached hydrogens (primary N) is 1. The fourth-order valence-corrected chi connectivity index (χ4v) is 1.56. The summed E-state index contributed by atoms with van der Waals surface area (Å²) in [6.45, 7) is 2.51. The summed E-state index contributed by atoms with van der Waals surface area (Å²) in [5.41, 5.74) is 6.21. The SMILES string of the molecule is CCn1c(=O)nc(N)c2ccccc21. The maximum absolute atomic E-state index is 11.5. The first kappa shape index (κ1) is 8.74. The summed E-state index contributed by atoms with van der Waals surface area (Å²) in [4.78, 5) is 15.2. The van der Waals surface area contributed by atoms with Crippen LogP contribution in [-0.2, 0) is 6.54 Å². The number of nitrogens with zero attached hydrogens (tertiary/aromatic N) is 2. The minimum atomic E-state index is -0.288. The Morgan fingerprint density at radius 3 is 2.86 bits per heavy atom. The predicted molar refractivity (Wildman–Crippen MR) is 56.1 cm³/mol. The number of hydrogen-bond donors (Lipinski definition) is 1. The number of nitrogen functional groups attached to an aromatic ring is 1. The van der Waals surface area contributed by atoms with E-state index >= 15 is 0 Å². The number of aryl methyl sites for hydroxylation is 1.